The van der Waals surface area contributed by atoms with Crippen LogP contribution < -0.4 is 10.1 Å². The number of benzene rings is 1. The van der Waals surface area contributed by atoms with E-state index in [1.54, 1.807) is 19.9 Å². The van der Waals surface area contributed by atoms with Gasteiger partial charge in [-0.25, -0.2) is 4.68 Å². The number of nitrogens with one attached hydrogen (secondary N) is 1. The first-order valence-electron chi connectivity index (χ1n) is 11.3. The number of nitrogens with zero attached hydrogens (tertiary/aromatic N) is 3. The predicted molar refractivity (Wildman–Crippen MR) is 116 cm³/mol. The molecule has 1 N–H and O–H groups in total. The summed E-state index contributed by atoms with van der Waals surface area (Å²) in [6.45, 7) is 6.39. The summed E-state index contributed by atoms with van der Waals surface area (Å²) in [5.74, 6) is -0.428. The SMILES string of the molecule is Cc1nn(-c2cccc(OC(F)(F)F)c2)c(C)c1C(=O)N1CCC(NC2CCOCC2)CC1. The van der Waals surface area contributed by atoms with E-state index < -0.39 is 6.36 Å². The highest BCUT2D eigenvalue weighted by Crippen LogP contribution is 2.27. The normalized spacial score (nSPS) is 18.5. The second-order valence-corrected chi connectivity index (χ2v) is 8.62. The number of rotatable bonds is 5. The Kier molecular flexibility index (Phi) is 6.94. The first-order chi connectivity index (χ1) is 15.7. The minimum atomic E-state index is -4.78. The molecule has 0 saturated carbocycles. The molecule has 2 fully saturated rings. The van der Waals surface area contributed by atoms with Crippen LogP contribution in [0.4, 0.5) is 13.2 Å². The first-order valence-corrected chi connectivity index (χ1v) is 11.3. The van der Waals surface area contributed by atoms with Crippen molar-refractivity contribution in [2.45, 2.75) is 58.0 Å². The van der Waals surface area contributed by atoms with Crippen molar-refractivity contribution in [2.75, 3.05) is 26.3 Å². The van der Waals surface area contributed by atoms with E-state index in [1.807, 2.05) is 4.90 Å². The van der Waals surface area contributed by atoms with Crippen LogP contribution in [0.1, 0.15) is 47.4 Å². The summed E-state index contributed by atoms with van der Waals surface area (Å²) < 4.78 is 48.7. The lowest BCUT2D eigenvalue weighted by molar-refractivity contribution is -0.274. The second-order valence-electron chi connectivity index (χ2n) is 8.62. The van der Waals surface area contributed by atoms with E-state index in [1.165, 1.54) is 22.9 Å². The summed E-state index contributed by atoms with van der Waals surface area (Å²) in [5, 5.41) is 8.13. The van der Waals surface area contributed by atoms with Crippen molar-refractivity contribution < 1.29 is 27.4 Å². The quantitative estimate of drug-likeness (QED) is 0.727. The van der Waals surface area contributed by atoms with Gasteiger partial charge in [0, 0.05) is 44.5 Å². The van der Waals surface area contributed by atoms with Gasteiger partial charge in [0.1, 0.15) is 5.75 Å². The van der Waals surface area contributed by atoms with E-state index in [9.17, 15) is 18.0 Å². The van der Waals surface area contributed by atoms with Crippen LogP contribution in [0, 0.1) is 13.8 Å². The van der Waals surface area contributed by atoms with E-state index in [-0.39, 0.29) is 11.7 Å². The number of hydrogen-bond donors (Lipinski definition) is 1. The highest BCUT2D eigenvalue weighted by molar-refractivity contribution is 5.96. The molecule has 0 aliphatic carbocycles. The number of hydrogen-bond acceptors (Lipinski definition) is 5. The van der Waals surface area contributed by atoms with Gasteiger partial charge in [-0.2, -0.15) is 5.10 Å². The fraction of sp³-hybridized carbons (Fsp3) is 0.565. The summed E-state index contributed by atoms with van der Waals surface area (Å²) in [5.41, 5.74) is 2.02. The van der Waals surface area contributed by atoms with Gasteiger partial charge in [-0.05, 0) is 51.7 Å². The van der Waals surface area contributed by atoms with Crippen molar-refractivity contribution in [3.8, 4) is 11.4 Å². The van der Waals surface area contributed by atoms with E-state index >= 15 is 0 Å². The molecule has 1 aromatic carbocycles. The van der Waals surface area contributed by atoms with Crippen LogP contribution in [0.5, 0.6) is 5.75 Å². The smallest absolute Gasteiger partial charge is 0.406 e. The number of aryl methyl sites for hydroxylation is 1. The van der Waals surface area contributed by atoms with Gasteiger partial charge in [0.05, 0.1) is 22.6 Å². The largest absolute Gasteiger partial charge is 0.573 e. The average molecular weight is 467 g/mol. The molecule has 4 rings (SSSR count). The number of carbonyl (C=O) groups excluding carboxylic acids is 1. The lowest BCUT2D eigenvalue weighted by Gasteiger charge is -2.35. The molecular weight excluding hydrogens is 437 g/mol. The van der Waals surface area contributed by atoms with Gasteiger partial charge in [-0.3, -0.25) is 4.79 Å². The number of likely N-dealkylation sites (tertiary alicyclic amines) is 1. The monoisotopic (exact) mass is 466 g/mol. The summed E-state index contributed by atoms with van der Waals surface area (Å²) in [6, 6.07) is 6.45. The zero-order valence-corrected chi connectivity index (χ0v) is 18.8. The van der Waals surface area contributed by atoms with Gasteiger partial charge < -0.3 is 19.7 Å². The third-order valence-electron chi connectivity index (χ3n) is 6.28. The summed E-state index contributed by atoms with van der Waals surface area (Å²) in [4.78, 5) is 15.1. The molecule has 0 atom stereocenters. The molecule has 7 nitrogen and oxygen atoms in total. The number of aromatic nitrogens is 2. The Labute approximate surface area is 190 Å². The van der Waals surface area contributed by atoms with Gasteiger partial charge >= 0.3 is 6.36 Å². The van der Waals surface area contributed by atoms with E-state index in [0.717, 1.165) is 38.9 Å². The van der Waals surface area contributed by atoms with Crippen LogP contribution in [0.2, 0.25) is 0 Å². The van der Waals surface area contributed by atoms with Crippen LogP contribution in [0.3, 0.4) is 0 Å². The van der Waals surface area contributed by atoms with Crippen molar-refractivity contribution in [1.29, 1.82) is 0 Å². The maximum Gasteiger partial charge on any atom is 0.573 e. The number of carbonyl (C=O) groups is 1. The highest BCUT2D eigenvalue weighted by Gasteiger charge is 2.32. The molecule has 2 aliphatic rings. The van der Waals surface area contributed by atoms with Crippen molar-refractivity contribution in [3.05, 3.63) is 41.2 Å². The third-order valence-corrected chi connectivity index (χ3v) is 6.28. The molecule has 3 heterocycles. The number of piperidine rings is 1. The fourth-order valence-corrected chi connectivity index (χ4v) is 4.62. The molecule has 0 radical (unpaired) electrons. The fourth-order valence-electron chi connectivity index (χ4n) is 4.62. The van der Waals surface area contributed by atoms with E-state index in [2.05, 4.69) is 15.2 Å². The van der Waals surface area contributed by atoms with Gasteiger partial charge in [0.25, 0.3) is 5.91 Å². The summed E-state index contributed by atoms with van der Waals surface area (Å²) in [7, 11) is 0. The van der Waals surface area contributed by atoms with Gasteiger partial charge in [-0.15, -0.1) is 13.2 Å². The lowest BCUT2D eigenvalue weighted by Crippen LogP contribution is -2.49. The van der Waals surface area contributed by atoms with Crippen LogP contribution in [-0.4, -0.2) is 65.3 Å². The van der Waals surface area contributed by atoms with Crippen LogP contribution >= 0.6 is 0 Å². The Morgan fingerprint density at radius 1 is 1.12 bits per heavy atom. The minimum absolute atomic E-state index is 0.0940. The zero-order valence-electron chi connectivity index (χ0n) is 18.8. The zero-order chi connectivity index (χ0) is 23.6. The van der Waals surface area contributed by atoms with E-state index in [0.29, 0.717) is 47.8 Å². The Morgan fingerprint density at radius 2 is 1.79 bits per heavy atom. The van der Waals surface area contributed by atoms with Gasteiger partial charge in [-0.1, -0.05) is 6.07 Å². The maximum atomic E-state index is 13.3. The standard InChI is InChI=1S/C23H29F3N4O3/c1-15-21(16(2)30(28-15)19-4-3-5-20(14-19)33-23(24,25)26)22(31)29-10-6-17(7-11-29)27-18-8-12-32-13-9-18/h3-5,14,17-18,27H,6-13H2,1-2H3. The molecule has 180 valence electrons. The highest BCUT2D eigenvalue weighted by atomic mass is 19.4. The third kappa shape index (κ3) is 5.67. The molecule has 0 spiro atoms. The molecule has 2 aliphatic heterocycles. The minimum Gasteiger partial charge on any atom is -0.406 e. The molecule has 0 bridgehead atoms. The Bertz CT molecular complexity index is 978. The predicted octanol–water partition coefficient (Wildman–Crippen LogP) is 3.76. The van der Waals surface area contributed by atoms with Crippen molar-refractivity contribution >= 4 is 5.91 Å². The summed E-state index contributed by atoms with van der Waals surface area (Å²) in [6.07, 6.45) is -0.975. The summed E-state index contributed by atoms with van der Waals surface area (Å²) >= 11 is 0. The molecule has 33 heavy (non-hydrogen) atoms. The Balaban J connectivity index is 1.44. The van der Waals surface area contributed by atoms with Crippen molar-refractivity contribution in [1.82, 2.24) is 20.0 Å². The average Bonchev–Trinajstić information content (AvgIpc) is 3.07. The van der Waals surface area contributed by atoms with Crippen LogP contribution in [0.15, 0.2) is 24.3 Å². The number of amides is 1. The van der Waals surface area contributed by atoms with Crippen LogP contribution in [0.25, 0.3) is 5.69 Å². The Morgan fingerprint density at radius 3 is 2.45 bits per heavy atom. The topological polar surface area (TPSA) is 68.6 Å². The molecule has 1 aromatic heterocycles. The first kappa shape index (κ1) is 23.6. The molecule has 10 heteroatoms. The molecule has 1 amide bonds. The number of ether oxygens (including phenoxy) is 2. The van der Waals surface area contributed by atoms with Crippen molar-refractivity contribution in [2.24, 2.45) is 0 Å². The van der Waals surface area contributed by atoms with Crippen LogP contribution in [-0.2, 0) is 4.74 Å². The maximum absolute atomic E-state index is 13.3. The molecule has 0 unspecified atom stereocenters. The Hall–Kier alpha value is -2.59. The second kappa shape index (κ2) is 9.72. The molecule has 2 saturated heterocycles. The molecular formula is C23H29F3N4O3. The van der Waals surface area contributed by atoms with Gasteiger partial charge in [0.15, 0.2) is 0 Å². The van der Waals surface area contributed by atoms with Crippen molar-refractivity contribution in [3.63, 3.8) is 0 Å². The molecule has 2 aromatic rings. The van der Waals surface area contributed by atoms with Gasteiger partial charge in [0.2, 0.25) is 0 Å². The number of alkyl halides is 3. The lowest BCUT2D eigenvalue weighted by atomic mass is 10.0. The number of halogens is 3. The van der Waals surface area contributed by atoms with E-state index in [4.69, 9.17) is 4.74 Å².